The zero-order chi connectivity index (χ0) is 15.0. The minimum Gasteiger partial charge on any atom is -0.354 e. The fraction of sp³-hybridized carbons (Fsp3) is 0.364. The minimum absolute atomic E-state index is 0.0321. The van der Waals surface area contributed by atoms with Crippen LogP contribution in [0.1, 0.15) is 5.56 Å². The van der Waals surface area contributed by atoms with Gasteiger partial charge in [-0.05, 0) is 18.2 Å². The minimum atomic E-state index is -4.62. The number of hydrogen-bond acceptors (Lipinski definition) is 3. The van der Waals surface area contributed by atoms with E-state index in [1.165, 1.54) is 0 Å². The Bertz CT molecular complexity index is 628. The van der Waals surface area contributed by atoms with Crippen LogP contribution in [0.3, 0.4) is 0 Å². The van der Waals surface area contributed by atoms with Gasteiger partial charge in [0, 0.05) is 13.1 Å². The Morgan fingerprint density at radius 3 is 2.55 bits per heavy atom. The van der Waals surface area contributed by atoms with E-state index in [0.717, 1.165) is 22.5 Å². The summed E-state index contributed by atoms with van der Waals surface area (Å²) in [5, 5.41) is 2.45. The highest BCUT2D eigenvalue weighted by Gasteiger charge is 2.34. The molecule has 1 amide bonds. The first-order valence-corrected chi connectivity index (χ1v) is 7.09. The highest BCUT2D eigenvalue weighted by molar-refractivity contribution is 7.89. The summed E-state index contributed by atoms with van der Waals surface area (Å²) < 4.78 is 63.0. The first kappa shape index (κ1) is 14.8. The molecule has 0 radical (unpaired) electrons. The van der Waals surface area contributed by atoms with Gasteiger partial charge < -0.3 is 5.32 Å². The van der Waals surface area contributed by atoms with Gasteiger partial charge in [0.2, 0.25) is 15.9 Å². The Kier molecular flexibility index (Phi) is 3.74. The molecule has 0 bridgehead atoms. The summed E-state index contributed by atoms with van der Waals surface area (Å²) >= 11 is 0. The third-order valence-electron chi connectivity index (χ3n) is 2.80. The van der Waals surface area contributed by atoms with Crippen molar-refractivity contribution < 1.29 is 26.4 Å². The largest absolute Gasteiger partial charge is 0.416 e. The molecule has 1 aliphatic rings. The summed E-state index contributed by atoms with van der Waals surface area (Å²) in [7, 11) is -4.11. The van der Waals surface area contributed by atoms with Gasteiger partial charge in [-0.15, -0.1) is 0 Å². The average molecular weight is 308 g/mol. The van der Waals surface area contributed by atoms with Crippen molar-refractivity contribution in [3.8, 4) is 0 Å². The second-order valence-corrected chi connectivity index (χ2v) is 6.15. The number of nitrogens with one attached hydrogen (secondary N) is 1. The molecule has 1 aromatic rings. The summed E-state index contributed by atoms with van der Waals surface area (Å²) in [6.07, 6.45) is -4.62. The van der Waals surface area contributed by atoms with E-state index >= 15 is 0 Å². The van der Waals surface area contributed by atoms with Crippen molar-refractivity contribution in [1.82, 2.24) is 9.62 Å². The molecule has 2 rings (SSSR count). The fourth-order valence-corrected chi connectivity index (χ4v) is 3.25. The van der Waals surface area contributed by atoms with Crippen molar-refractivity contribution >= 4 is 15.9 Å². The van der Waals surface area contributed by atoms with Crippen LogP contribution in [0.4, 0.5) is 13.2 Å². The van der Waals surface area contributed by atoms with E-state index in [-0.39, 0.29) is 13.1 Å². The second kappa shape index (κ2) is 5.06. The Hall–Kier alpha value is -1.61. The smallest absolute Gasteiger partial charge is 0.354 e. The number of benzene rings is 1. The Balaban J connectivity index is 2.37. The van der Waals surface area contributed by atoms with Gasteiger partial charge in [-0.2, -0.15) is 17.5 Å². The standard InChI is InChI=1S/C11H11F3N2O3S/c12-11(13,14)8-2-1-3-9(6-8)20(18,19)16-5-4-15-10(17)7-16/h1-3,6H,4-5,7H2,(H,15,17). The van der Waals surface area contributed by atoms with Crippen molar-refractivity contribution in [2.45, 2.75) is 11.1 Å². The van der Waals surface area contributed by atoms with Crippen LogP contribution in [-0.4, -0.2) is 38.3 Å². The van der Waals surface area contributed by atoms with Gasteiger partial charge in [0.15, 0.2) is 0 Å². The Morgan fingerprint density at radius 2 is 1.95 bits per heavy atom. The van der Waals surface area contributed by atoms with E-state index < -0.39 is 39.1 Å². The van der Waals surface area contributed by atoms with Gasteiger partial charge in [-0.1, -0.05) is 6.07 Å². The molecule has 1 aliphatic heterocycles. The van der Waals surface area contributed by atoms with Crippen molar-refractivity contribution in [3.05, 3.63) is 29.8 Å². The van der Waals surface area contributed by atoms with Gasteiger partial charge in [0.1, 0.15) is 0 Å². The average Bonchev–Trinajstić information content (AvgIpc) is 2.38. The normalized spacial score (nSPS) is 17.9. The molecular formula is C11H11F3N2O3S. The van der Waals surface area contributed by atoms with Crippen LogP contribution >= 0.6 is 0 Å². The third kappa shape index (κ3) is 2.93. The number of nitrogens with zero attached hydrogens (tertiary/aromatic N) is 1. The summed E-state index contributed by atoms with van der Waals surface area (Å²) in [5.74, 6) is -0.480. The van der Waals surface area contributed by atoms with Crippen LogP contribution < -0.4 is 5.32 Å². The van der Waals surface area contributed by atoms with Crippen LogP contribution in [0.25, 0.3) is 0 Å². The van der Waals surface area contributed by atoms with Crippen molar-refractivity contribution in [2.24, 2.45) is 0 Å². The lowest BCUT2D eigenvalue weighted by Crippen LogP contribution is -2.49. The predicted molar refractivity (Wildman–Crippen MR) is 63.2 cm³/mol. The number of piperazine rings is 1. The lowest BCUT2D eigenvalue weighted by Gasteiger charge is -2.26. The van der Waals surface area contributed by atoms with Crippen LogP contribution in [-0.2, 0) is 21.0 Å². The second-order valence-electron chi connectivity index (χ2n) is 4.21. The zero-order valence-corrected chi connectivity index (χ0v) is 11.0. The van der Waals surface area contributed by atoms with E-state index in [1.807, 2.05) is 0 Å². The van der Waals surface area contributed by atoms with Crippen molar-refractivity contribution in [3.63, 3.8) is 0 Å². The van der Waals surface area contributed by atoms with Gasteiger partial charge in [-0.3, -0.25) is 4.79 Å². The summed E-state index contributed by atoms with van der Waals surface area (Å²) in [6, 6.07) is 3.47. The van der Waals surface area contributed by atoms with Crippen molar-refractivity contribution in [2.75, 3.05) is 19.6 Å². The molecule has 1 aromatic carbocycles. The highest BCUT2D eigenvalue weighted by atomic mass is 32.2. The molecule has 0 saturated carbocycles. The molecule has 1 heterocycles. The van der Waals surface area contributed by atoms with Crippen molar-refractivity contribution in [1.29, 1.82) is 0 Å². The SMILES string of the molecule is O=C1CN(S(=O)(=O)c2cccc(C(F)(F)F)c2)CCN1. The van der Waals surface area contributed by atoms with E-state index in [1.54, 1.807) is 0 Å². The lowest BCUT2D eigenvalue weighted by molar-refractivity contribution is -0.137. The van der Waals surface area contributed by atoms with E-state index in [0.29, 0.717) is 6.07 Å². The van der Waals surface area contributed by atoms with Gasteiger partial charge in [-0.25, -0.2) is 8.42 Å². The Morgan fingerprint density at radius 1 is 1.25 bits per heavy atom. The van der Waals surface area contributed by atoms with Crippen LogP contribution in [0.5, 0.6) is 0 Å². The quantitative estimate of drug-likeness (QED) is 0.880. The molecule has 0 unspecified atom stereocenters. The van der Waals surface area contributed by atoms with E-state index in [9.17, 15) is 26.4 Å². The molecule has 9 heteroatoms. The first-order chi connectivity index (χ1) is 9.21. The van der Waals surface area contributed by atoms with Crippen LogP contribution in [0.15, 0.2) is 29.2 Å². The predicted octanol–water partition coefficient (Wildman–Crippen LogP) is 0.826. The molecule has 1 N–H and O–H groups in total. The highest BCUT2D eigenvalue weighted by Crippen LogP contribution is 2.31. The maximum absolute atomic E-state index is 12.6. The van der Waals surface area contributed by atoms with Gasteiger partial charge >= 0.3 is 6.18 Å². The van der Waals surface area contributed by atoms with E-state index in [2.05, 4.69) is 5.32 Å². The third-order valence-corrected chi connectivity index (χ3v) is 4.64. The number of rotatable bonds is 2. The summed E-state index contributed by atoms with van der Waals surface area (Å²) in [6.45, 7) is -0.222. The number of hydrogen-bond donors (Lipinski definition) is 1. The van der Waals surface area contributed by atoms with Gasteiger partial charge in [0.25, 0.3) is 0 Å². The molecule has 0 spiro atoms. The molecule has 20 heavy (non-hydrogen) atoms. The maximum Gasteiger partial charge on any atom is 0.416 e. The first-order valence-electron chi connectivity index (χ1n) is 5.65. The topological polar surface area (TPSA) is 66.5 Å². The summed E-state index contributed by atoms with van der Waals surface area (Å²) in [5.41, 5.74) is -1.04. The Labute approximate surface area is 113 Å². The summed E-state index contributed by atoms with van der Waals surface area (Å²) in [4.78, 5) is 10.7. The number of sulfonamides is 1. The van der Waals surface area contributed by atoms with Crippen LogP contribution in [0, 0.1) is 0 Å². The fourth-order valence-electron chi connectivity index (χ4n) is 1.80. The molecule has 5 nitrogen and oxygen atoms in total. The molecular weight excluding hydrogens is 297 g/mol. The lowest BCUT2D eigenvalue weighted by atomic mass is 10.2. The number of carbonyl (C=O) groups is 1. The molecule has 0 aromatic heterocycles. The molecule has 110 valence electrons. The molecule has 1 saturated heterocycles. The van der Waals surface area contributed by atoms with E-state index in [4.69, 9.17) is 0 Å². The van der Waals surface area contributed by atoms with Gasteiger partial charge in [0.05, 0.1) is 17.0 Å². The zero-order valence-electron chi connectivity index (χ0n) is 10.1. The number of amides is 1. The molecule has 0 atom stereocenters. The molecule has 0 aliphatic carbocycles. The number of alkyl halides is 3. The maximum atomic E-state index is 12.6. The molecule has 1 fully saturated rings. The number of carbonyl (C=O) groups excluding carboxylic acids is 1. The van der Waals surface area contributed by atoms with Crippen LogP contribution in [0.2, 0.25) is 0 Å². The number of halogens is 3. The monoisotopic (exact) mass is 308 g/mol.